The van der Waals surface area contributed by atoms with Gasteiger partial charge in [0, 0.05) is 23.7 Å². The van der Waals surface area contributed by atoms with E-state index in [0.717, 1.165) is 22.1 Å². The Morgan fingerprint density at radius 3 is 2.57 bits per heavy atom. The fraction of sp³-hybridized carbons (Fsp3) is 0.562. The summed E-state index contributed by atoms with van der Waals surface area (Å²) in [4.78, 5) is 3.35. The molecule has 3 N–H and O–H groups in total. The topological polar surface area (TPSA) is 61.8 Å². The molecule has 0 heterocycles. The molecule has 0 radical (unpaired) electrons. The first-order valence-corrected chi connectivity index (χ1v) is 8.68. The maximum Gasteiger partial charge on any atom is 0.173 e. The maximum atomic E-state index is 9.09. The SMILES string of the molecule is CSc1cccc(N(C)C2CCC(C)CC2)c1/C(N)=N/O. The van der Waals surface area contributed by atoms with E-state index in [4.69, 9.17) is 10.9 Å². The summed E-state index contributed by atoms with van der Waals surface area (Å²) in [6, 6.07) is 6.64. The lowest BCUT2D eigenvalue weighted by Crippen LogP contribution is -2.36. The Balaban J connectivity index is 2.34. The van der Waals surface area contributed by atoms with Crippen LogP contribution in [-0.4, -0.2) is 30.4 Å². The summed E-state index contributed by atoms with van der Waals surface area (Å²) >= 11 is 1.62. The second kappa shape index (κ2) is 7.07. The van der Waals surface area contributed by atoms with Gasteiger partial charge in [0.25, 0.3) is 0 Å². The Kier molecular flexibility index (Phi) is 5.39. The van der Waals surface area contributed by atoms with E-state index in [-0.39, 0.29) is 5.84 Å². The fourth-order valence-corrected chi connectivity index (χ4v) is 3.75. The van der Waals surface area contributed by atoms with Crippen LogP contribution in [0, 0.1) is 5.92 Å². The molecular formula is C16H25N3OS. The molecule has 0 aliphatic heterocycles. The quantitative estimate of drug-likeness (QED) is 0.294. The van der Waals surface area contributed by atoms with Crippen molar-refractivity contribution >= 4 is 23.3 Å². The molecule has 0 saturated heterocycles. The standard InChI is InChI=1S/C16H25N3OS/c1-11-7-9-12(10-8-11)19(2)13-5-4-6-14(21-3)15(13)16(17)18-20/h4-6,11-12,20H,7-10H2,1-3H3,(H2,17,18). The molecule has 21 heavy (non-hydrogen) atoms. The monoisotopic (exact) mass is 307 g/mol. The van der Waals surface area contributed by atoms with Crippen molar-refractivity contribution in [3.63, 3.8) is 0 Å². The van der Waals surface area contributed by atoms with Crippen LogP contribution in [0.15, 0.2) is 28.3 Å². The molecular weight excluding hydrogens is 282 g/mol. The normalized spacial score (nSPS) is 23.1. The minimum Gasteiger partial charge on any atom is -0.409 e. The molecule has 1 aliphatic rings. The summed E-state index contributed by atoms with van der Waals surface area (Å²) < 4.78 is 0. The summed E-state index contributed by atoms with van der Waals surface area (Å²) in [7, 11) is 2.12. The number of hydrogen-bond acceptors (Lipinski definition) is 4. The average Bonchev–Trinajstić information content (AvgIpc) is 2.53. The Morgan fingerprint density at radius 2 is 2.00 bits per heavy atom. The maximum absolute atomic E-state index is 9.09. The van der Waals surface area contributed by atoms with Gasteiger partial charge in [0.05, 0.1) is 5.56 Å². The van der Waals surface area contributed by atoms with Gasteiger partial charge in [-0.2, -0.15) is 0 Å². The molecule has 0 unspecified atom stereocenters. The Bertz CT molecular complexity index is 510. The second-order valence-corrected chi connectivity index (χ2v) is 6.71. The third-order valence-corrected chi connectivity index (χ3v) is 5.28. The van der Waals surface area contributed by atoms with Crippen molar-refractivity contribution in [1.82, 2.24) is 0 Å². The van der Waals surface area contributed by atoms with Crippen LogP contribution in [-0.2, 0) is 0 Å². The van der Waals surface area contributed by atoms with Crippen LogP contribution in [0.5, 0.6) is 0 Å². The van der Waals surface area contributed by atoms with Gasteiger partial charge in [-0.05, 0) is 50.0 Å². The first-order valence-electron chi connectivity index (χ1n) is 7.46. The van der Waals surface area contributed by atoms with E-state index in [0.29, 0.717) is 6.04 Å². The van der Waals surface area contributed by atoms with Gasteiger partial charge >= 0.3 is 0 Å². The van der Waals surface area contributed by atoms with Gasteiger partial charge in [-0.25, -0.2) is 0 Å². The largest absolute Gasteiger partial charge is 0.409 e. The van der Waals surface area contributed by atoms with E-state index in [1.54, 1.807) is 11.8 Å². The predicted octanol–water partition coefficient (Wildman–Crippen LogP) is 3.52. The number of benzene rings is 1. The van der Waals surface area contributed by atoms with E-state index in [1.165, 1.54) is 25.7 Å². The second-order valence-electron chi connectivity index (χ2n) is 5.86. The van der Waals surface area contributed by atoms with Crippen molar-refractivity contribution in [2.75, 3.05) is 18.2 Å². The third-order valence-electron chi connectivity index (χ3n) is 4.50. The number of hydrogen-bond donors (Lipinski definition) is 2. The number of nitrogens with zero attached hydrogens (tertiary/aromatic N) is 2. The highest BCUT2D eigenvalue weighted by atomic mass is 32.2. The van der Waals surface area contributed by atoms with Crippen molar-refractivity contribution in [2.45, 2.75) is 43.5 Å². The lowest BCUT2D eigenvalue weighted by molar-refractivity contribution is 0.318. The molecule has 116 valence electrons. The number of nitrogens with two attached hydrogens (primary N) is 1. The summed E-state index contributed by atoms with van der Waals surface area (Å²) in [6.07, 6.45) is 6.97. The summed E-state index contributed by atoms with van der Waals surface area (Å²) in [5.74, 6) is 1.02. The Labute approximate surface area is 131 Å². The van der Waals surface area contributed by atoms with Crippen molar-refractivity contribution in [2.24, 2.45) is 16.8 Å². The first kappa shape index (κ1) is 16.0. The van der Waals surface area contributed by atoms with Gasteiger partial charge in [0.2, 0.25) is 0 Å². The molecule has 5 heteroatoms. The van der Waals surface area contributed by atoms with Gasteiger partial charge in [0.15, 0.2) is 5.84 Å². The number of oxime groups is 1. The van der Waals surface area contributed by atoms with E-state index < -0.39 is 0 Å². The highest BCUT2D eigenvalue weighted by Gasteiger charge is 2.24. The average molecular weight is 307 g/mol. The molecule has 1 fully saturated rings. The number of amidine groups is 1. The minimum absolute atomic E-state index is 0.186. The number of anilines is 1. The third kappa shape index (κ3) is 3.46. The number of rotatable bonds is 4. The summed E-state index contributed by atoms with van der Waals surface area (Å²) in [5.41, 5.74) is 7.81. The molecule has 1 saturated carbocycles. The number of thioether (sulfide) groups is 1. The van der Waals surface area contributed by atoms with Crippen LogP contribution in [0.25, 0.3) is 0 Å². The van der Waals surface area contributed by atoms with Crippen LogP contribution in [0.4, 0.5) is 5.69 Å². The zero-order valence-corrected chi connectivity index (χ0v) is 13.9. The van der Waals surface area contributed by atoms with E-state index in [1.807, 2.05) is 18.4 Å². The highest BCUT2D eigenvalue weighted by molar-refractivity contribution is 7.98. The molecule has 2 rings (SSSR count). The zero-order chi connectivity index (χ0) is 15.4. The van der Waals surface area contributed by atoms with Crippen LogP contribution >= 0.6 is 11.8 Å². The van der Waals surface area contributed by atoms with Gasteiger partial charge < -0.3 is 15.8 Å². The molecule has 4 nitrogen and oxygen atoms in total. The molecule has 1 aliphatic carbocycles. The lowest BCUT2D eigenvalue weighted by Gasteiger charge is -2.36. The highest BCUT2D eigenvalue weighted by Crippen LogP contribution is 2.34. The molecule has 1 aromatic carbocycles. The molecule has 0 atom stereocenters. The smallest absolute Gasteiger partial charge is 0.173 e. The summed E-state index contributed by atoms with van der Waals surface area (Å²) in [6.45, 7) is 2.33. The van der Waals surface area contributed by atoms with Crippen LogP contribution in [0.1, 0.15) is 38.2 Å². The van der Waals surface area contributed by atoms with Crippen LogP contribution < -0.4 is 10.6 Å². The van der Waals surface area contributed by atoms with Crippen molar-refractivity contribution in [3.05, 3.63) is 23.8 Å². The summed E-state index contributed by atoms with van der Waals surface area (Å²) in [5, 5.41) is 12.3. The Morgan fingerprint density at radius 1 is 1.33 bits per heavy atom. The van der Waals surface area contributed by atoms with Gasteiger partial charge in [-0.15, -0.1) is 11.8 Å². The van der Waals surface area contributed by atoms with Gasteiger partial charge in [-0.1, -0.05) is 18.1 Å². The molecule has 1 aromatic rings. The molecule has 0 bridgehead atoms. The lowest BCUT2D eigenvalue weighted by atomic mass is 9.86. The van der Waals surface area contributed by atoms with Crippen molar-refractivity contribution in [3.8, 4) is 0 Å². The van der Waals surface area contributed by atoms with E-state index in [9.17, 15) is 0 Å². The van der Waals surface area contributed by atoms with Crippen LogP contribution in [0.3, 0.4) is 0 Å². The predicted molar refractivity (Wildman–Crippen MR) is 90.6 cm³/mol. The fourth-order valence-electron chi connectivity index (χ4n) is 3.12. The molecule has 0 amide bonds. The minimum atomic E-state index is 0.186. The van der Waals surface area contributed by atoms with Crippen LogP contribution in [0.2, 0.25) is 0 Å². The van der Waals surface area contributed by atoms with E-state index in [2.05, 4.69) is 30.1 Å². The van der Waals surface area contributed by atoms with E-state index >= 15 is 0 Å². The first-order chi connectivity index (χ1) is 10.1. The van der Waals surface area contributed by atoms with Crippen molar-refractivity contribution in [1.29, 1.82) is 0 Å². The van der Waals surface area contributed by atoms with Gasteiger partial charge in [-0.3, -0.25) is 0 Å². The zero-order valence-electron chi connectivity index (χ0n) is 13.0. The van der Waals surface area contributed by atoms with Crippen molar-refractivity contribution < 1.29 is 5.21 Å². The molecule has 0 aromatic heterocycles. The molecule has 0 spiro atoms. The Hall–Kier alpha value is -1.36. The van der Waals surface area contributed by atoms with Gasteiger partial charge in [0.1, 0.15) is 0 Å².